The first-order valence-corrected chi connectivity index (χ1v) is 21.7. The Morgan fingerprint density at radius 2 is 0.463 bits per heavy atom. The van der Waals surface area contributed by atoms with E-state index in [-0.39, 0.29) is 13.2 Å². The highest BCUT2D eigenvalue weighted by molar-refractivity contribution is 5.67. The van der Waals surface area contributed by atoms with Crippen LogP contribution in [0.3, 0.4) is 0 Å². The fraction of sp³-hybridized carbons (Fsp3) is 0.907. The normalized spacial score (nSPS) is 10.1. The van der Waals surface area contributed by atoms with Crippen molar-refractivity contribution in [1.82, 2.24) is 0 Å². The van der Waals surface area contributed by atoms with Crippen molar-refractivity contribution in [2.75, 3.05) is 13.2 Å². The Balaban J connectivity index is -0.000000188. The Morgan fingerprint density at radius 1 is 0.315 bits per heavy atom. The van der Waals surface area contributed by atoms with Crippen molar-refractivity contribution < 1.29 is 54.9 Å². The van der Waals surface area contributed by atoms with Crippen molar-refractivity contribution in [1.29, 1.82) is 0 Å². The standard InChI is InChI=1S/4C10H20O2.C3H8O3/c4*1-2-3-4-5-6-7-8-9-10(11)12;4-1-3(6)2-5/h4*2-9H2,1H3,(H,11,12);3-6H,1-2H2. The average molecular weight is 781 g/mol. The summed E-state index contributed by atoms with van der Waals surface area (Å²) in [6, 6.07) is 0. The molecule has 0 aromatic heterocycles. The minimum atomic E-state index is -0.954. The van der Waals surface area contributed by atoms with Gasteiger partial charge in [-0.05, 0) is 25.7 Å². The molecule has 7 N–H and O–H groups in total. The molecule has 0 unspecified atom stereocenters. The Morgan fingerprint density at radius 3 is 0.574 bits per heavy atom. The second-order valence-corrected chi connectivity index (χ2v) is 14.1. The lowest BCUT2D eigenvalue weighted by Gasteiger charge is -1.98. The van der Waals surface area contributed by atoms with E-state index in [0.717, 1.165) is 51.4 Å². The molecule has 0 heterocycles. The van der Waals surface area contributed by atoms with Crippen molar-refractivity contribution in [3.8, 4) is 0 Å². The van der Waals surface area contributed by atoms with Gasteiger partial charge in [-0.3, -0.25) is 19.2 Å². The zero-order valence-electron chi connectivity index (χ0n) is 35.4. The minimum absolute atomic E-state index is 0.341. The lowest BCUT2D eigenvalue weighted by atomic mass is 10.1. The number of aliphatic carboxylic acids is 4. The average Bonchev–Trinajstić information content (AvgIpc) is 3.13. The highest BCUT2D eigenvalue weighted by Gasteiger charge is 1.98. The van der Waals surface area contributed by atoms with E-state index in [1.165, 1.54) is 128 Å². The molecule has 0 aromatic rings. The van der Waals surface area contributed by atoms with Gasteiger partial charge in [0.2, 0.25) is 0 Å². The number of aliphatic hydroxyl groups excluding tert-OH is 3. The summed E-state index contributed by atoms with van der Waals surface area (Å²) >= 11 is 0. The molecule has 11 nitrogen and oxygen atoms in total. The summed E-state index contributed by atoms with van der Waals surface area (Å²) in [5.74, 6) is -2.65. The maximum Gasteiger partial charge on any atom is 0.303 e. The molecule has 0 radical (unpaired) electrons. The monoisotopic (exact) mass is 781 g/mol. The van der Waals surface area contributed by atoms with E-state index in [1.54, 1.807) is 0 Å². The fourth-order valence-corrected chi connectivity index (χ4v) is 4.99. The van der Waals surface area contributed by atoms with Crippen molar-refractivity contribution in [3.05, 3.63) is 0 Å². The van der Waals surface area contributed by atoms with Gasteiger partial charge in [-0.1, -0.05) is 182 Å². The number of carboxylic acid groups (broad SMARTS) is 4. The first kappa shape index (κ1) is 61.0. The number of unbranched alkanes of at least 4 members (excludes halogenated alkanes) is 24. The van der Waals surface area contributed by atoms with Crippen LogP contribution >= 0.6 is 0 Å². The molecule has 0 bridgehead atoms. The number of hydrogen-bond donors (Lipinski definition) is 7. The second kappa shape index (κ2) is 57.5. The summed E-state index contributed by atoms with van der Waals surface area (Å²) in [4.78, 5) is 40.5. The molecule has 0 saturated heterocycles. The predicted octanol–water partition coefficient (Wildman–Crippen LogP) is 11.2. The van der Waals surface area contributed by atoms with Gasteiger partial charge in [-0.15, -0.1) is 0 Å². The molecule has 0 saturated carbocycles. The lowest BCUT2D eigenvalue weighted by molar-refractivity contribution is -0.138. The van der Waals surface area contributed by atoms with Crippen molar-refractivity contribution in [2.24, 2.45) is 0 Å². The zero-order chi connectivity index (χ0) is 41.9. The Hall–Kier alpha value is -2.24. The SMILES string of the molecule is CCCCCCCCCC(=O)O.CCCCCCCCCC(=O)O.CCCCCCCCCC(=O)O.CCCCCCCCCC(=O)O.OCC(O)CO. The van der Waals surface area contributed by atoms with Crippen LogP contribution in [0, 0.1) is 0 Å². The van der Waals surface area contributed by atoms with Crippen LogP contribution in [0.4, 0.5) is 0 Å². The van der Waals surface area contributed by atoms with Crippen molar-refractivity contribution in [2.45, 2.75) is 239 Å². The number of carboxylic acids is 4. The van der Waals surface area contributed by atoms with E-state index in [0.29, 0.717) is 25.7 Å². The quantitative estimate of drug-likeness (QED) is 0.0305. The maximum absolute atomic E-state index is 10.1. The van der Waals surface area contributed by atoms with Crippen LogP contribution in [-0.4, -0.2) is 78.9 Å². The Bertz CT molecular complexity index is 631. The van der Waals surface area contributed by atoms with Crippen LogP contribution in [0.2, 0.25) is 0 Å². The molecule has 0 atom stereocenters. The minimum Gasteiger partial charge on any atom is -0.481 e. The summed E-state index contributed by atoms with van der Waals surface area (Å²) in [5.41, 5.74) is 0. The second-order valence-electron chi connectivity index (χ2n) is 14.1. The van der Waals surface area contributed by atoms with Gasteiger partial charge in [-0.25, -0.2) is 0 Å². The van der Waals surface area contributed by atoms with E-state index < -0.39 is 30.0 Å². The number of carbonyl (C=O) groups is 4. The van der Waals surface area contributed by atoms with E-state index in [9.17, 15) is 19.2 Å². The fourth-order valence-electron chi connectivity index (χ4n) is 4.99. The first-order valence-electron chi connectivity index (χ1n) is 21.7. The van der Waals surface area contributed by atoms with Gasteiger partial charge in [0.25, 0.3) is 0 Å². The molecule has 0 aliphatic heterocycles. The van der Waals surface area contributed by atoms with Gasteiger partial charge in [0, 0.05) is 25.7 Å². The molecule has 0 fully saturated rings. The summed E-state index contributed by atoms with van der Waals surface area (Å²) in [6.45, 7) is 8.07. The zero-order valence-corrected chi connectivity index (χ0v) is 35.4. The van der Waals surface area contributed by atoms with Crippen molar-refractivity contribution >= 4 is 23.9 Å². The maximum atomic E-state index is 10.1. The van der Waals surface area contributed by atoms with Crippen LogP contribution in [-0.2, 0) is 19.2 Å². The van der Waals surface area contributed by atoms with Gasteiger partial charge < -0.3 is 35.7 Å². The van der Waals surface area contributed by atoms with Crippen LogP contribution in [0.25, 0.3) is 0 Å². The van der Waals surface area contributed by atoms with Crippen LogP contribution in [0.5, 0.6) is 0 Å². The number of hydrogen-bond acceptors (Lipinski definition) is 7. The molecular formula is C43H88O11. The van der Waals surface area contributed by atoms with Crippen molar-refractivity contribution in [3.63, 3.8) is 0 Å². The third kappa shape index (κ3) is 83.0. The molecule has 0 rings (SSSR count). The summed E-state index contributed by atoms with van der Waals surface area (Å²) in [6.07, 6.45) is 33.6. The highest BCUT2D eigenvalue weighted by atomic mass is 16.4. The lowest BCUT2D eigenvalue weighted by Crippen LogP contribution is -2.15. The molecular weight excluding hydrogens is 692 g/mol. The molecule has 0 aromatic carbocycles. The van der Waals surface area contributed by atoms with E-state index >= 15 is 0 Å². The predicted molar refractivity (Wildman–Crippen MR) is 221 cm³/mol. The molecule has 0 aliphatic rings. The van der Waals surface area contributed by atoms with Gasteiger partial charge in [0.05, 0.1) is 13.2 Å². The topological polar surface area (TPSA) is 210 Å². The third-order valence-corrected chi connectivity index (χ3v) is 8.40. The molecule has 0 spiro atoms. The van der Waals surface area contributed by atoms with E-state index in [1.807, 2.05) is 0 Å². The van der Waals surface area contributed by atoms with Gasteiger partial charge in [-0.2, -0.15) is 0 Å². The molecule has 54 heavy (non-hydrogen) atoms. The number of rotatable bonds is 34. The van der Waals surface area contributed by atoms with E-state index in [2.05, 4.69) is 27.7 Å². The molecule has 0 amide bonds. The summed E-state index contributed by atoms with van der Waals surface area (Å²) < 4.78 is 0. The molecule has 0 aliphatic carbocycles. The van der Waals surface area contributed by atoms with Crippen LogP contribution in [0.15, 0.2) is 0 Å². The van der Waals surface area contributed by atoms with Gasteiger partial charge in [0.15, 0.2) is 0 Å². The van der Waals surface area contributed by atoms with E-state index in [4.69, 9.17) is 35.7 Å². The summed E-state index contributed by atoms with van der Waals surface area (Å²) in [5, 5.41) is 57.4. The molecule has 326 valence electrons. The summed E-state index contributed by atoms with van der Waals surface area (Å²) in [7, 11) is 0. The molecule has 11 heteroatoms. The number of aliphatic hydroxyl groups is 3. The largest absolute Gasteiger partial charge is 0.481 e. The third-order valence-electron chi connectivity index (χ3n) is 8.40. The highest BCUT2D eigenvalue weighted by Crippen LogP contribution is 2.10. The smallest absolute Gasteiger partial charge is 0.303 e. The Kier molecular flexibility index (Phi) is 64.9. The van der Waals surface area contributed by atoms with Crippen LogP contribution in [0.1, 0.15) is 233 Å². The Labute approximate surface area is 330 Å². The van der Waals surface area contributed by atoms with Gasteiger partial charge in [0.1, 0.15) is 6.10 Å². The first-order chi connectivity index (χ1) is 25.9. The van der Waals surface area contributed by atoms with Crippen LogP contribution < -0.4 is 0 Å². The van der Waals surface area contributed by atoms with Gasteiger partial charge >= 0.3 is 23.9 Å².